The van der Waals surface area contributed by atoms with Crippen molar-refractivity contribution in [3.05, 3.63) is 59.1 Å². The van der Waals surface area contributed by atoms with Crippen LogP contribution in [0.5, 0.6) is 0 Å². The maximum Gasteiger partial charge on any atom is 0.277 e. The van der Waals surface area contributed by atoms with Gasteiger partial charge in [0.05, 0.1) is 5.75 Å². The van der Waals surface area contributed by atoms with Gasteiger partial charge in [-0.1, -0.05) is 29.4 Å². The number of aromatic nitrogens is 2. The lowest BCUT2D eigenvalue weighted by atomic mass is 10.2. The molecule has 1 heterocycles. The van der Waals surface area contributed by atoms with Crippen LogP contribution in [0.1, 0.15) is 23.2 Å². The van der Waals surface area contributed by atoms with E-state index < -0.39 is 0 Å². The molecule has 7 nitrogen and oxygen atoms in total. The van der Waals surface area contributed by atoms with Crippen LogP contribution in [0.4, 0.5) is 5.69 Å². The molecule has 148 valence electrons. The Morgan fingerprint density at radius 2 is 1.93 bits per heavy atom. The van der Waals surface area contributed by atoms with Crippen molar-refractivity contribution in [3.8, 4) is 11.5 Å². The molecule has 9 heteroatoms. The van der Waals surface area contributed by atoms with Crippen LogP contribution in [-0.4, -0.2) is 33.8 Å². The average molecular weight is 429 g/mol. The number of carbonyl (C=O) groups is 2. The predicted octanol–water partition coefficient (Wildman–Crippen LogP) is 4.01. The number of amides is 2. The van der Waals surface area contributed by atoms with Crippen molar-refractivity contribution >= 4 is 40.9 Å². The van der Waals surface area contributed by atoms with E-state index in [0.29, 0.717) is 27.4 Å². The second kappa shape index (κ2) is 8.67. The highest BCUT2D eigenvalue weighted by Crippen LogP contribution is 2.24. The van der Waals surface area contributed by atoms with Crippen LogP contribution >= 0.6 is 23.4 Å². The molecule has 4 rings (SSSR count). The maximum atomic E-state index is 12.2. The number of rotatable bonds is 7. The van der Waals surface area contributed by atoms with Gasteiger partial charge in [-0.3, -0.25) is 9.59 Å². The van der Waals surface area contributed by atoms with Gasteiger partial charge in [0.25, 0.3) is 11.1 Å². The molecule has 1 aromatic heterocycles. The molecule has 0 aliphatic heterocycles. The summed E-state index contributed by atoms with van der Waals surface area (Å²) in [4.78, 5) is 24.4. The Balaban J connectivity index is 1.31. The van der Waals surface area contributed by atoms with Gasteiger partial charge in [-0.15, -0.1) is 10.2 Å². The molecule has 0 bridgehead atoms. The Morgan fingerprint density at radius 3 is 2.69 bits per heavy atom. The monoisotopic (exact) mass is 428 g/mol. The number of hydrogen-bond donors (Lipinski definition) is 2. The van der Waals surface area contributed by atoms with Crippen molar-refractivity contribution in [2.45, 2.75) is 24.1 Å². The fourth-order valence-electron chi connectivity index (χ4n) is 2.54. The van der Waals surface area contributed by atoms with Crippen LogP contribution < -0.4 is 10.6 Å². The molecule has 0 saturated heterocycles. The zero-order chi connectivity index (χ0) is 20.2. The highest BCUT2D eigenvalue weighted by atomic mass is 35.5. The highest BCUT2D eigenvalue weighted by molar-refractivity contribution is 7.99. The number of carbonyl (C=O) groups excluding carboxylic acids is 2. The van der Waals surface area contributed by atoms with Crippen molar-refractivity contribution in [3.63, 3.8) is 0 Å². The molecule has 1 saturated carbocycles. The van der Waals surface area contributed by atoms with Crippen molar-refractivity contribution in [1.29, 1.82) is 0 Å². The van der Waals surface area contributed by atoms with Crippen LogP contribution in [0.15, 0.2) is 58.2 Å². The second-order valence-corrected chi connectivity index (χ2v) is 7.91. The lowest BCUT2D eigenvalue weighted by Gasteiger charge is -2.07. The largest absolute Gasteiger partial charge is 0.411 e. The average Bonchev–Trinajstić information content (AvgIpc) is 3.41. The molecule has 2 amide bonds. The third-order valence-electron chi connectivity index (χ3n) is 4.15. The van der Waals surface area contributed by atoms with E-state index in [1.54, 1.807) is 48.5 Å². The van der Waals surface area contributed by atoms with Gasteiger partial charge >= 0.3 is 0 Å². The van der Waals surface area contributed by atoms with Gasteiger partial charge < -0.3 is 15.1 Å². The number of anilines is 1. The summed E-state index contributed by atoms with van der Waals surface area (Å²) in [5.41, 5.74) is 1.83. The fraction of sp³-hybridized carbons (Fsp3) is 0.200. The zero-order valence-electron chi connectivity index (χ0n) is 15.2. The van der Waals surface area contributed by atoms with E-state index in [2.05, 4.69) is 20.8 Å². The minimum atomic E-state index is -0.235. The van der Waals surface area contributed by atoms with Gasteiger partial charge in [0.1, 0.15) is 0 Å². The summed E-state index contributed by atoms with van der Waals surface area (Å²) < 4.78 is 5.57. The minimum absolute atomic E-state index is 0.0980. The van der Waals surface area contributed by atoms with E-state index >= 15 is 0 Å². The van der Waals surface area contributed by atoms with E-state index in [0.717, 1.165) is 30.2 Å². The Bertz CT molecular complexity index is 1030. The molecule has 0 unspecified atom stereocenters. The molecule has 2 aromatic carbocycles. The molecular formula is C20H17ClN4O3S. The molecule has 0 radical (unpaired) electrons. The van der Waals surface area contributed by atoms with Crippen LogP contribution in [-0.2, 0) is 4.79 Å². The number of halogens is 1. The van der Waals surface area contributed by atoms with Crippen molar-refractivity contribution in [2.24, 2.45) is 0 Å². The Labute approximate surface area is 176 Å². The van der Waals surface area contributed by atoms with Crippen molar-refractivity contribution in [1.82, 2.24) is 15.5 Å². The number of thioether (sulfide) groups is 1. The number of nitrogens with zero attached hydrogens (tertiary/aromatic N) is 2. The quantitative estimate of drug-likeness (QED) is 0.552. The summed E-state index contributed by atoms with van der Waals surface area (Å²) in [5, 5.41) is 14.5. The van der Waals surface area contributed by atoms with E-state index in [-0.39, 0.29) is 23.6 Å². The standard InChI is InChI=1S/C20H17ClN4O3S/c21-14-6-4-12(5-7-14)19-24-25-20(28-19)29-11-17(26)22-16-3-1-2-13(10-16)18(27)23-15-8-9-15/h1-7,10,15H,8-9,11H2,(H,22,26)(H,23,27). The summed E-state index contributed by atoms with van der Waals surface area (Å²) in [6.07, 6.45) is 2.05. The Morgan fingerprint density at radius 1 is 1.14 bits per heavy atom. The topological polar surface area (TPSA) is 97.1 Å². The van der Waals surface area contributed by atoms with Crippen molar-refractivity contribution < 1.29 is 14.0 Å². The molecule has 1 fully saturated rings. The lowest BCUT2D eigenvalue weighted by molar-refractivity contribution is -0.113. The maximum absolute atomic E-state index is 12.2. The summed E-state index contributed by atoms with van der Waals surface area (Å²) >= 11 is 7.01. The van der Waals surface area contributed by atoms with Crippen LogP contribution in [0, 0.1) is 0 Å². The molecule has 2 N–H and O–H groups in total. The number of nitrogens with one attached hydrogen (secondary N) is 2. The van der Waals surface area contributed by atoms with Gasteiger partial charge in [-0.05, 0) is 55.3 Å². The third-order valence-corrected chi connectivity index (χ3v) is 5.22. The molecule has 1 aliphatic rings. The van der Waals surface area contributed by atoms with E-state index in [1.807, 2.05) is 0 Å². The van der Waals surface area contributed by atoms with Crippen LogP contribution in [0.25, 0.3) is 11.5 Å². The predicted molar refractivity (Wildman–Crippen MR) is 111 cm³/mol. The molecule has 29 heavy (non-hydrogen) atoms. The van der Waals surface area contributed by atoms with Gasteiger partial charge in [-0.2, -0.15) is 0 Å². The molecular weight excluding hydrogens is 412 g/mol. The Hall–Kier alpha value is -2.84. The SMILES string of the molecule is O=C(CSc1nnc(-c2ccc(Cl)cc2)o1)Nc1cccc(C(=O)NC2CC2)c1. The summed E-state index contributed by atoms with van der Waals surface area (Å²) in [6, 6.07) is 14.2. The first-order valence-electron chi connectivity index (χ1n) is 9.00. The smallest absolute Gasteiger partial charge is 0.277 e. The van der Waals surface area contributed by atoms with Gasteiger partial charge in [0.2, 0.25) is 11.8 Å². The van der Waals surface area contributed by atoms with Gasteiger partial charge in [0.15, 0.2) is 0 Å². The summed E-state index contributed by atoms with van der Waals surface area (Å²) in [7, 11) is 0. The third kappa shape index (κ3) is 5.36. The first-order chi connectivity index (χ1) is 14.1. The lowest BCUT2D eigenvalue weighted by Crippen LogP contribution is -2.25. The van der Waals surface area contributed by atoms with Crippen molar-refractivity contribution in [2.75, 3.05) is 11.1 Å². The Kier molecular flexibility index (Phi) is 5.82. The summed E-state index contributed by atoms with van der Waals surface area (Å²) in [5.74, 6) is 0.0966. The normalized spacial score (nSPS) is 13.1. The van der Waals surface area contributed by atoms with Gasteiger partial charge in [0, 0.05) is 27.9 Å². The molecule has 3 aromatic rings. The van der Waals surface area contributed by atoms with Crippen LogP contribution in [0.2, 0.25) is 5.02 Å². The van der Waals surface area contributed by atoms with E-state index in [1.165, 1.54) is 0 Å². The first-order valence-corrected chi connectivity index (χ1v) is 10.4. The van der Waals surface area contributed by atoms with E-state index in [4.69, 9.17) is 16.0 Å². The minimum Gasteiger partial charge on any atom is -0.411 e. The molecule has 0 spiro atoms. The molecule has 0 atom stereocenters. The highest BCUT2D eigenvalue weighted by Gasteiger charge is 2.23. The second-order valence-electron chi connectivity index (χ2n) is 6.55. The number of hydrogen-bond acceptors (Lipinski definition) is 6. The molecule has 1 aliphatic carbocycles. The fourth-order valence-corrected chi connectivity index (χ4v) is 3.23. The first kappa shape index (κ1) is 19.5. The number of benzene rings is 2. The van der Waals surface area contributed by atoms with Gasteiger partial charge in [-0.25, -0.2) is 0 Å². The summed E-state index contributed by atoms with van der Waals surface area (Å²) in [6.45, 7) is 0. The zero-order valence-corrected chi connectivity index (χ0v) is 16.8. The van der Waals surface area contributed by atoms with E-state index in [9.17, 15) is 9.59 Å². The van der Waals surface area contributed by atoms with Crippen LogP contribution in [0.3, 0.4) is 0 Å².